The van der Waals surface area contributed by atoms with Crippen LogP contribution in [-0.4, -0.2) is 5.11 Å². The standard InChI is InChI=1S/C37H40NO/c1-6-23(7-2)27-19-28(24(8-3)9-4)21-37(20-27)31-18-17-25-14-12-16-30-32(25)33(31)35-34(36(30,5)39)29-15-11-10-13-26(29)22-38(35)37/h10-20,22-24,39H,6-9,21H2,1-5H3/q+1. The predicted octanol–water partition coefficient (Wildman–Crippen LogP) is 8.70. The van der Waals surface area contributed by atoms with Crippen LogP contribution in [0.15, 0.2) is 84.1 Å². The number of aliphatic hydroxyl groups is 1. The molecule has 3 aromatic carbocycles. The van der Waals surface area contributed by atoms with Crippen molar-refractivity contribution >= 4 is 21.5 Å². The Bertz CT molecular complexity index is 1710. The van der Waals surface area contributed by atoms with Gasteiger partial charge in [-0.1, -0.05) is 87.9 Å². The molecule has 2 heteroatoms. The van der Waals surface area contributed by atoms with E-state index in [9.17, 15) is 5.11 Å². The number of allylic oxidation sites excluding steroid dienone is 4. The molecule has 1 aromatic heterocycles. The van der Waals surface area contributed by atoms with Gasteiger partial charge in [-0.15, -0.1) is 0 Å². The molecule has 0 fully saturated rings. The third kappa shape index (κ3) is 3.16. The van der Waals surface area contributed by atoms with Gasteiger partial charge in [-0.2, -0.15) is 4.57 Å². The lowest BCUT2D eigenvalue weighted by Gasteiger charge is -2.34. The van der Waals surface area contributed by atoms with Gasteiger partial charge < -0.3 is 5.11 Å². The molecule has 7 rings (SSSR count). The van der Waals surface area contributed by atoms with Gasteiger partial charge in [0.2, 0.25) is 11.2 Å². The van der Waals surface area contributed by atoms with E-state index in [0.717, 1.165) is 35.8 Å². The Morgan fingerprint density at radius 2 is 1.54 bits per heavy atom. The Labute approximate surface area is 232 Å². The van der Waals surface area contributed by atoms with E-state index < -0.39 is 5.60 Å². The van der Waals surface area contributed by atoms with E-state index >= 15 is 0 Å². The summed E-state index contributed by atoms with van der Waals surface area (Å²) in [5.41, 5.74) is 7.73. The van der Waals surface area contributed by atoms with Crippen molar-refractivity contribution in [3.63, 3.8) is 0 Å². The maximum atomic E-state index is 12.4. The molecule has 2 aliphatic carbocycles. The zero-order valence-electron chi connectivity index (χ0n) is 24.0. The van der Waals surface area contributed by atoms with E-state index in [1.54, 1.807) is 5.57 Å². The number of aromatic nitrogens is 1. The number of hydrogen-bond acceptors (Lipinski definition) is 1. The van der Waals surface area contributed by atoms with Crippen LogP contribution in [-0.2, 0) is 11.1 Å². The maximum absolute atomic E-state index is 12.4. The van der Waals surface area contributed by atoms with E-state index in [1.807, 2.05) is 6.92 Å². The van der Waals surface area contributed by atoms with E-state index in [-0.39, 0.29) is 5.54 Å². The summed E-state index contributed by atoms with van der Waals surface area (Å²) in [7, 11) is 0. The van der Waals surface area contributed by atoms with Crippen molar-refractivity contribution in [2.45, 2.75) is 77.9 Å². The number of fused-ring (bicyclic) bond motifs is 4. The van der Waals surface area contributed by atoms with Crippen LogP contribution in [0.4, 0.5) is 0 Å². The maximum Gasteiger partial charge on any atom is 0.221 e. The Morgan fingerprint density at radius 1 is 0.821 bits per heavy atom. The zero-order chi connectivity index (χ0) is 27.1. The molecule has 198 valence electrons. The summed E-state index contributed by atoms with van der Waals surface area (Å²) in [4.78, 5) is 0. The first-order valence-corrected chi connectivity index (χ1v) is 15.1. The molecule has 2 atom stereocenters. The highest BCUT2D eigenvalue weighted by Gasteiger charge is 2.57. The van der Waals surface area contributed by atoms with E-state index in [1.165, 1.54) is 51.4 Å². The summed E-state index contributed by atoms with van der Waals surface area (Å²) in [6, 6.07) is 19.8. The van der Waals surface area contributed by atoms with Gasteiger partial charge in [0.1, 0.15) is 5.60 Å². The van der Waals surface area contributed by atoms with Crippen molar-refractivity contribution in [1.29, 1.82) is 0 Å². The van der Waals surface area contributed by atoms with Crippen LogP contribution in [0.2, 0.25) is 0 Å². The second kappa shape index (κ2) is 8.63. The van der Waals surface area contributed by atoms with Crippen LogP contribution in [0.25, 0.3) is 32.8 Å². The van der Waals surface area contributed by atoms with Gasteiger partial charge in [-0.05, 0) is 73.1 Å². The van der Waals surface area contributed by atoms with E-state index in [4.69, 9.17) is 0 Å². The highest BCUT2D eigenvalue weighted by atomic mass is 16.3. The molecular formula is C37H40NO+. The average molecular weight is 515 g/mol. The quantitative estimate of drug-likeness (QED) is 0.256. The molecular weight excluding hydrogens is 474 g/mol. The molecule has 3 aliphatic rings. The van der Waals surface area contributed by atoms with Gasteiger partial charge in [-0.3, -0.25) is 0 Å². The minimum absolute atomic E-state index is 0.296. The summed E-state index contributed by atoms with van der Waals surface area (Å²) >= 11 is 0. The molecule has 4 aromatic rings. The van der Waals surface area contributed by atoms with Crippen LogP contribution in [0.5, 0.6) is 0 Å². The predicted molar refractivity (Wildman–Crippen MR) is 162 cm³/mol. The summed E-state index contributed by atoms with van der Waals surface area (Å²) in [6.07, 6.45) is 13.2. The van der Waals surface area contributed by atoms with Gasteiger partial charge in [-0.25, -0.2) is 0 Å². The Hall–Kier alpha value is -3.23. The molecule has 0 radical (unpaired) electrons. The largest absolute Gasteiger partial charge is 0.380 e. The lowest BCUT2D eigenvalue weighted by atomic mass is 9.70. The number of pyridine rings is 1. The van der Waals surface area contributed by atoms with Gasteiger partial charge in [0.25, 0.3) is 0 Å². The molecule has 2 nitrogen and oxygen atoms in total. The summed E-state index contributed by atoms with van der Waals surface area (Å²) < 4.78 is 2.58. The first-order valence-electron chi connectivity index (χ1n) is 15.1. The molecule has 39 heavy (non-hydrogen) atoms. The zero-order valence-corrected chi connectivity index (χ0v) is 24.0. The van der Waals surface area contributed by atoms with Crippen molar-refractivity contribution in [3.8, 4) is 11.3 Å². The van der Waals surface area contributed by atoms with Crippen LogP contribution in [0.3, 0.4) is 0 Å². The first-order chi connectivity index (χ1) is 18.9. The van der Waals surface area contributed by atoms with Gasteiger partial charge in [0.05, 0.1) is 11.1 Å². The lowest BCUT2D eigenvalue weighted by Crippen LogP contribution is -2.55. The van der Waals surface area contributed by atoms with Crippen molar-refractivity contribution in [3.05, 3.63) is 101 Å². The lowest BCUT2D eigenvalue weighted by molar-refractivity contribution is -0.726. The van der Waals surface area contributed by atoms with Crippen molar-refractivity contribution in [1.82, 2.24) is 0 Å². The van der Waals surface area contributed by atoms with Gasteiger partial charge >= 0.3 is 0 Å². The molecule has 0 saturated carbocycles. The van der Waals surface area contributed by atoms with Gasteiger partial charge in [0.15, 0.2) is 6.20 Å². The monoisotopic (exact) mass is 514 g/mol. The molecule has 2 heterocycles. The SMILES string of the molecule is CCC(CC)C1=CC2(CC(C(CC)CC)=C1)c1ccc3cccc4c3c1-c1c(c3ccccc3c[n+]12)C4(C)O. The Balaban J connectivity index is 1.66. The first kappa shape index (κ1) is 24.8. The third-order valence-corrected chi connectivity index (χ3v) is 10.4. The summed E-state index contributed by atoms with van der Waals surface area (Å²) in [6.45, 7) is 11.4. The normalized spacial score (nSPS) is 22.9. The van der Waals surface area contributed by atoms with Crippen molar-refractivity contribution in [2.24, 2.45) is 11.8 Å². The number of nitrogens with zero attached hydrogens (tertiary/aromatic N) is 1. The minimum Gasteiger partial charge on any atom is -0.380 e. The van der Waals surface area contributed by atoms with E-state index in [0.29, 0.717) is 11.8 Å². The minimum atomic E-state index is -1.08. The number of rotatable bonds is 6. The highest BCUT2D eigenvalue weighted by Crippen LogP contribution is 2.57. The molecule has 2 unspecified atom stereocenters. The second-order valence-electron chi connectivity index (χ2n) is 12.3. The molecule has 0 amide bonds. The smallest absolute Gasteiger partial charge is 0.221 e. The average Bonchev–Trinajstić information content (AvgIpc) is 3.20. The Morgan fingerprint density at radius 3 is 2.28 bits per heavy atom. The van der Waals surface area contributed by atoms with Crippen LogP contribution < -0.4 is 4.57 Å². The highest BCUT2D eigenvalue weighted by molar-refractivity contribution is 6.07. The molecule has 1 spiro atoms. The molecule has 1 N–H and O–H groups in total. The fourth-order valence-electron chi connectivity index (χ4n) is 8.34. The summed E-state index contributed by atoms with van der Waals surface area (Å²) in [5.74, 6) is 1.13. The molecule has 0 saturated heterocycles. The number of hydrogen-bond donors (Lipinski definition) is 1. The fraction of sp³-hybridized carbons (Fsp3) is 0.378. The van der Waals surface area contributed by atoms with Crippen LogP contribution in [0, 0.1) is 11.8 Å². The number of benzene rings is 3. The van der Waals surface area contributed by atoms with Crippen molar-refractivity contribution < 1.29 is 9.67 Å². The summed E-state index contributed by atoms with van der Waals surface area (Å²) in [5, 5.41) is 17.2. The third-order valence-electron chi connectivity index (χ3n) is 10.4. The van der Waals surface area contributed by atoms with Crippen LogP contribution >= 0.6 is 0 Å². The molecule has 1 aliphatic heterocycles. The second-order valence-corrected chi connectivity index (χ2v) is 12.3. The molecule has 0 bridgehead atoms. The topological polar surface area (TPSA) is 24.1 Å². The van der Waals surface area contributed by atoms with E-state index in [2.05, 4.69) is 105 Å². The van der Waals surface area contributed by atoms with Gasteiger partial charge in [0, 0.05) is 28.1 Å². The fourth-order valence-corrected chi connectivity index (χ4v) is 8.34. The van der Waals surface area contributed by atoms with Crippen molar-refractivity contribution in [2.75, 3.05) is 0 Å². The van der Waals surface area contributed by atoms with Crippen LogP contribution in [0.1, 0.15) is 83.4 Å². The Kier molecular flexibility index (Phi) is 5.49.